The first-order valence-corrected chi connectivity index (χ1v) is 12.1. The van der Waals surface area contributed by atoms with E-state index in [1.54, 1.807) is 17.0 Å². The van der Waals surface area contributed by atoms with Crippen molar-refractivity contribution in [3.8, 4) is 11.5 Å². The number of carbonyl (C=O) groups is 1. The molecule has 0 aromatic heterocycles. The molecular weight excluding hydrogens is 513 g/mol. The number of benzene rings is 2. The highest BCUT2D eigenvalue weighted by molar-refractivity contribution is 5.96. The average molecular weight is 542 g/mol. The highest BCUT2D eigenvalue weighted by Crippen LogP contribution is 2.38. The van der Waals surface area contributed by atoms with Crippen molar-refractivity contribution in [1.82, 2.24) is 0 Å². The average Bonchev–Trinajstić information content (AvgIpc) is 3.23. The molecule has 0 aliphatic carbocycles. The largest absolute Gasteiger partial charge is 0.497 e. The number of hydrogen-bond acceptors (Lipinski definition) is 6. The minimum atomic E-state index is -4.68. The zero-order valence-corrected chi connectivity index (χ0v) is 21.0. The second-order valence-corrected chi connectivity index (χ2v) is 9.47. The van der Waals surface area contributed by atoms with Crippen LogP contribution in [0.2, 0.25) is 0 Å². The molecule has 2 aliphatic heterocycles. The second-order valence-electron chi connectivity index (χ2n) is 9.47. The number of rotatable bonds is 7. The van der Waals surface area contributed by atoms with Gasteiger partial charge in [0.1, 0.15) is 23.3 Å². The fourth-order valence-electron chi connectivity index (χ4n) is 4.97. The highest BCUT2D eigenvalue weighted by Gasteiger charge is 2.51. The van der Waals surface area contributed by atoms with Crippen molar-refractivity contribution in [3.05, 3.63) is 48.0 Å². The van der Waals surface area contributed by atoms with Crippen molar-refractivity contribution < 1.29 is 41.3 Å². The number of halogens is 5. The van der Waals surface area contributed by atoms with E-state index in [0.717, 1.165) is 11.1 Å². The van der Waals surface area contributed by atoms with Crippen LogP contribution in [0.15, 0.2) is 41.5 Å². The molecule has 1 fully saturated rings. The lowest BCUT2D eigenvalue weighted by atomic mass is 9.87. The molecule has 1 N–H and O–H groups in total. The number of hydrogen-bond donors (Lipinski definition) is 1. The van der Waals surface area contributed by atoms with Crippen molar-refractivity contribution >= 4 is 23.1 Å². The third-order valence-electron chi connectivity index (χ3n) is 7.04. The van der Waals surface area contributed by atoms with Crippen LogP contribution in [0.3, 0.4) is 0 Å². The first-order chi connectivity index (χ1) is 17.9. The van der Waals surface area contributed by atoms with Crippen molar-refractivity contribution in [1.29, 1.82) is 0 Å². The molecule has 2 aromatic rings. The fraction of sp³-hybridized carbons (Fsp3) is 0.462. The van der Waals surface area contributed by atoms with Crippen LogP contribution in [0.5, 0.6) is 11.5 Å². The van der Waals surface area contributed by atoms with Crippen LogP contribution >= 0.6 is 0 Å². The van der Waals surface area contributed by atoms with Crippen LogP contribution in [0.1, 0.15) is 26.7 Å². The summed E-state index contributed by atoms with van der Waals surface area (Å²) in [7, 11) is 1.38. The molecule has 0 radical (unpaired) electrons. The number of nitrogens with zero attached hydrogens (tertiary/aromatic N) is 3. The maximum Gasteiger partial charge on any atom is 0.431 e. The Labute approximate surface area is 216 Å². The van der Waals surface area contributed by atoms with E-state index in [2.05, 4.69) is 5.10 Å². The van der Waals surface area contributed by atoms with Gasteiger partial charge in [0.25, 0.3) is 0 Å². The van der Waals surface area contributed by atoms with E-state index < -0.39 is 47.4 Å². The molecule has 2 aromatic carbocycles. The third kappa shape index (κ3) is 5.48. The predicted octanol–water partition coefficient (Wildman–Crippen LogP) is 5.48. The molecule has 1 saturated heterocycles. The van der Waals surface area contributed by atoms with E-state index in [-0.39, 0.29) is 17.5 Å². The fourth-order valence-corrected chi connectivity index (χ4v) is 4.97. The lowest BCUT2D eigenvalue weighted by Crippen LogP contribution is -2.42. The summed E-state index contributed by atoms with van der Waals surface area (Å²) < 4.78 is 79.8. The zero-order valence-electron chi connectivity index (χ0n) is 21.0. The van der Waals surface area contributed by atoms with Gasteiger partial charge in [-0.15, -0.1) is 0 Å². The SMILES string of the molecule is COc1cc(F)c(F)c(N2CCC(Oc3ccc(N4N=C(C(F)(F)F)C(C)C4C(C)C(=O)O)cc3)CC2)c1. The predicted molar refractivity (Wildman–Crippen MR) is 131 cm³/mol. The number of alkyl halides is 3. The van der Waals surface area contributed by atoms with E-state index >= 15 is 0 Å². The Morgan fingerprint density at radius 1 is 1.11 bits per heavy atom. The van der Waals surface area contributed by atoms with E-state index in [0.29, 0.717) is 37.4 Å². The molecule has 38 heavy (non-hydrogen) atoms. The van der Waals surface area contributed by atoms with E-state index in [9.17, 15) is 31.9 Å². The molecule has 206 valence electrons. The molecule has 0 bridgehead atoms. The van der Waals surface area contributed by atoms with Gasteiger partial charge in [0.2, 0.25) is 0 Å². The maximum absolute atomic E-state index is 14.3. The standard InChI is InChI=1S/C26H28F5N3O4/c1-14-23(15(2)25(35)36)34(32-24(14)26(29,30)31)16-4-6-17(7-5-16)38-18-8-10-33(11-9-18)21-13-19(37-3)12-20(27)22(21)28/h4-7,12-15,18,23H,8-11H2,1-3H3,(H,35,36). The second kappa shape index (κ2) is 10.7. The van der Waals surface area contributed by atoms with Gasteiger partial charge in [-0.25, -0.2) is 8.78 Å². The Hall–Kier alpha value is -3.57. The van der Waals surface area contributed by atoms with Crippen molar-refractivity contribution in [2.24, 2.45) is 16.9 Å². The van der Waals surface area contributed by atoms with Gasteiger partial charge >= 0.3 is 12.1 Å². The lowest BCUT2D eigenvalue weighted by molar-refractivity contribution is -0.142. The molecule has 4 rings (SSSR count). The summed E-state index contributed by atoms with van der Waals surface area (Å²) >= 11 is 0. The minimum absolute atomic E-state index is 0.119. The van der Waals surface area contributed by atoms with Crippen molar-refractivity contribution in [2.45, 2.75) is 45.0 Å². The quantitative estimate of drug-likeness (QED) is 0.468. The van der Waals surface area contributed by atoms with Crippen LogP contribution in [0.4, 0.5) is 33.3 Å². The molecule has 3 atom stereocenters. The Kier molecular flexibility index (Phi) is 7.70. The molecule has 0 amide bonds. The highest BCUT2D eigenvalue weighted by atomic mass is 19.4. The Morgan fingerprint density at radius 3 is 2.29 bits per heavy atom. The van der Waals surface area contributed by atoms with Crippen LogP contribution in [-0.2, 0) is 4.79 Å². The van der Waals surface area contributed by atoms with Crippen molar-refractivity contribution in [2.75, 3.05) is 30.1 Å². The van der Waals surface area contributed by atoms with Crippen LogP contribution in [-0.4, -0.2) is 55.3 Å². The Morgan fingerprint density at radius 2 is 1.74 bits per heavy atom. The number of ether oxygens (including phenoxy) is 2. The number of aliphatic carboxylic acids is 1. The molecule has 0 spiro atoms. The summed E-state index contributed by atoms with van der Waals surface area (Å²) in [5, 5.41) is 14.3. The number of piperidine rings is 1. The summed E-state index contributed by atoms with van der Waals surface area (Å²) in [4.78, 5) is 13.3. The van der Waals surface area contributed by atoms with E-state index in [1.807, 2.05) is 0 Å². The van der Waals surface area contributed by atoms with Gasteiger partial charge in [-0.3, -0.25) is 9.80 Å². The summed E-state index contributed by atoms with van der Waals surface area (Å²) in [6, 6.07) is 7.68. The summed E-state index contributed by atoms with van der Waals surface area (Å²) in [5.41, 5.74) is -0.588. The molecule has 2 heterocycles. The molecule has 7 nitrogen and oxygen atoms in total. The maximum atomic E-state index is 14.3. The van der Waals surface area contributed by atoms with Gasteiger partial charge < -0.3 is 19.5 Å². The number of methoxy groups -OCH3 is 1. The number of carboxylic acids is 1. The molecule has 12 heteroatoms. The molecule has 2 aliphatic rings. The van der Waals surface area contributed by atoms with Gasteiger partial charge in [-0.2, -0.15) is 18.3 Å². The van der Waals surface area contributed by atoms with Crippen LogP contribution in [0, 0.1) is 23.5 Å². The summed E-state index contributed by atoms with van der Waals surface area (Å²) in [6.45, 7) is 3.52. The normalized spacial score (nSPS) is 21.3. The van der Waals surface area contributed by atoms with Gasteiger partial charge in [0.05, 0.1) is 30.4 Å². The minimum Gasteiger partial charge on any atom is -0.497 e. The van der Waals surface area contributed by atoms with Gasteiger partial charge in [0, 0.05) is 44.0 Å². The lowest BCUT2D eigenvalue weighted by Gasteiger charge is -2.34. The first-order valence-electron chi connectivity index (χ1n) is 12.1. The van der Waals surface area contributed by atoms with E-state index in [1.165, 1.54) is 39.2 Å². The monoisotopic (exact) mass is 541 g/mol. The number of anilines is 2. The smallest absolute Gasteiger partial charge is 0.431 e. The molecule has 0 saturated carbocycles. The molecular formula is C26H28F5N3O4. The van der Waals surface area contributed by atoms with Crippen LogP contribution < -0.4 is 19.4 Å². The Bertz CT molecular complexity index is 1200. The van der Waals surface area contributed by atoms with Gasteiger partial charge in [0.15, 0.2) is 11.6 Å². The topological polar surface area (TPSA) is 74.6 Å². The molecule has 3 unspecified atom stereocenters. The van der Waals surface area contributed by atoms with Gasteiger partial charge in [-0.1, -0.05) is 6.92 Å². The number of carboxylic acid groups (broad SMARTS) is 1. The van der Waals surface area contributed by atoms with E-state index in [4.69, 9.17) is 9.47 Å². The van der Waals surface area contributed by atoms with Crippen LogP contribution in [0.25, 0.3) is 0 Å². The summed E-state index contributed by atoms with van der Waals surface area (Å²) in [5.74, 6) is -4.69. The summed E-state index contributed by atoms with van der Waals surface area (Å²) in [6.07, 6.45) is -3.83. The Balaban J connectivity index is 1.44. The van der Waals surface area contributed by atoms with Crippen molar-refractivity contribution in [3.63, 3.8) is 0 Å². The zero-order chi connectivity index (χ0) is 27.8. The third-order valence-corrected chi connectivity index (χ3v) is 7.04. The van der Waals surface area contributed by atoms with Gasteiger partial charge in [-0.05, 0) is 31.2 Å². The first kappa shape index (κ1) is 27.5. The number of hydrazone groups is 1.